The average Bonchev–Trinajstić information content (AvgIpc) is 2.28. The van der Waals surface area contributed by atoms with Crippen LogP contribution >= 0.6 is 39.1 Å². The van der Waals surface area contributed by atoms with Gasteiger partial charge in [0.05, 0.1) is 11.1 Å². The summed E-state index contributed by atoms with van der Waals surface area (Å²) in [4.78, 5) is 11.9. The van der Waals surface area contributed by atoms with Crippen LogP contribution in [-0.2, 0) is 0 Å². The summed E-state index contributed by atoms with van der Waals surface area (Å²) in [6.45, 7) is 1.74. The number of hydrogen-bond donors (Lipinski definition) is 1. The van der Waals surface area contributed by atoms with E-state index in [1.54, 1.807) is 6.92 Å². The maximum atomic E-state index is 12.9. The number of nitrogens with one attached hydrogen (secondary N) is 1. The van der Waals surface area contributed by atoms with Crippen molar-refractivity contribution in [2.24, 2.45) is 0 Å². The molecule has 0 fully saturated rings. The zero-order chi connectivity index (χ0) is 13.1. The first-order valence-corrected chi connectivity index (χ1v) is 6.67. The molecule has 94 valence electrons. The van der Waals surface area contributed by atoms with Crippen molar-refractivity contribution in [2.45, 2.75) is 12.5 Å². The van der Waals surface area contributed by atoms with E-state index in [-0.39, 0.29) is 17.7 Å². The molecule has 1 N–H and O–H groups in total. The fourth-order valence-corrected chi connectivity index (χ4v) is 2.07. The Kier molecular flexibility index (Phi) is 5.22. The third-order valence-corrected chi connectivity index (χ3v) is 4.02. The Morgan fingerprint density at radius 3 is 2.53 bits per heavy atom. The van der Waals surface area contributed by atoms with E-state index in [2.05, 4.69) is 21.2 Å². The molecule has 0 saturated carbocycles. The lowest BCUT2D eigenvalue weighted by atomic mass is 10.1. The Hall–Kier alpha value is -0.320. The molecule has 0 saturated heterocycles. The van der Waals surface area contributed by atoms with E-state index < -0.39 is 11.4 Å². The van der Waals surface area contributed by atoms with Gasteiger partial charge in [0.1, 0.15) is 5.82 Å². The molecule has 6 heteroatoms. The SMILES string of the molecule is CC(CCl)(CCl)NC(=O)c1ccc(F)cc1Br. The van der Waals surface area contributed by atoms with Crippen LogP contribution in [0.4, 0.5) is 4.39 Å². The Morgan fingerprint density at radius 1 is 1.47 bits per heavy atom. The van der Waals surface area contributed by atoms with Gasteiger partial charge in [-0.15, -0.1) is 23.2 Å². The molecule has 2 nitrogen and oxygen atoms in total. The normalized spacial score (nSPS) is 11.4. The number of benzene rings is 1. The highest BCUT2D eigenvalue weighted by Gasteiger charge is 2.25. The lowest BCUT2D eigenvalue weighted by Crippen LogP contribution is -2.49. The first-order chi connectivity index (χ1) is 7.91. The maximum absolute atomic E-state index is 12.9. The summed E-state index contributed by atoms with van der Waals surface area (Å²) in [6, 6.07) is 3.85. The maximum Gasteiger partial charge on any atom is 0.252 e. The summed E-state index contributed by atoms with van der Waals surface area (Å²) >= 11 is 14.6. The van der Waals surface area contributed by atoms with Crippen molar-refractivity contribution in [3.05, 3.63) is 34.1 Å². The lowest BCUT2D eigenvalue weighted by molar-refractivity contribution is 0.0920. The van der Waals surface area contributed by atoms with Crippen LogP contribution in [0.1, 0.15) is 17.3 Å². The molecule has 0 heterocycles. The van der Waals surface area contributed by atoms with Gasteiger partial charge in [0, 0.05) is 16.2 Å². The number of halogens is 4. The van der Waals surface area contributed by atoms with Gasteiger partial charge in [-0.1, -0.05) is 0 Å². The zero-order valence-corrected chi connectivity index (χ0v) is 12.2. The summed E-state index contributed by atoms with van der Waals surface area (Å²) < 4.78 is 13.3. The molecule has 1 rings (SSSR count). The fourth-order valence-electron chi connectivity index (χ4n) is 1.12. The highest BCUT2D eigenvalue weighted by molar-refractivity contribution is 9.10. The van der Waals surface area contributed by atoms with E-state index in [9.17, 15) is 9.18 Å². The predicted molar refractivity (Wildman–Crippen MR) is 71.4 cm³/mol. The van der Waals surface area contributed by atoms with Crippen LogP contribution in [0.5, 0.6) is 0 Å². The number of carbonyl (C=O) groups excluding carboxylic acids is 1. The van der Waals surface area contributed by atoms with Crippen LogP contribution < -0.4 is 5.32 Å². The quantitative estimate of drug-likeness (QED) is 0.833. The van der Waals surface area contributed by atoms with Crippen LogP contribution in [0.25, 0.3) is 0 Å². The minimum Gasteiger partial charge on any atom is -0.344 e. The molecular formula is C11H11BrCl2FNO. The number of hydrogen-bond acceptors (Lipinski definition) is 1. The van der Waals surface area contributed by atoms with Crippen molar-refractivity contribution < 1.29 is 9.18 Å². The number of carbonyl (C=O) groups is 1. The molecule has 0 aliphatic rings. The topological polar surface area (TPSA) is 29.1 Å². The van der Waals surface area contributed by atoms with Gasteiger partial charge in [-0.25, -0.2) is 4.39 Å². The van der Waals surface area contributed by atoms with E-state index in [4.69, 9.17) is 23.2 Å². The first kappa shape index (κ1) is 14.7. The van der Waals surface area contributed by atoms with Crippen LogP contribution in [-0.4, -0.2) is 23.2 Å². The van der Waals surface area contributed by atoms with Gasteiger partial charge in [-0.3, -0.25) is 4.79 Å². The van der Waals surface area contributed by atoms with Crippen LogP contribution in [0.3, 0.4) is 0 Å². The standard InChI is InChI=1S/C11H11BrCl2FNO/c1-11(5-13,6-14)16-10(17)8-3-2-7(15)4-9(8)12/h2-4H,5-6H2,1H3,(H,16,17). The second-order valence-corrected chi connectivity index (χ2v) is 5.30. The molecule has 0 radical (unpaired) electrons. The van der Waals surface area contributed by atoms with Crippen LogP contribution in [0.2, 0.25) is 0 Å². The third kappa shape index (κ3) is 3.83. The van der Waals surface area contributed by atoms with Gasteiger partial charge in [0.2, 0.25) is 0 Å². The molecule has 0 aromatic heterocycles. The summed E-state index contributed by atoms with van der Waals surface area (Å²) in [5.74, 6) is -0.367. The van der Waals surface area contributed by atoms with Gasteiger partial charge in [-0.2, -0.15) is 0 Å². The van der Waals surface area contributed by atoms with Gasteiger partial charge in [-0.05, 0) is 41.1 Å². The Balaban J connectivity index is 2.90. The Bertz CT molecular complexity index is 424. The average molecular weight is 343 g/mol. The number of rotatable bonds is 4. The Labute approximate surface area is 118 Å². The van der Waals surface area contributed by atoms with Gasteiger partial charge < -0.3 is 5.32 Å². The van der Waals surface area contributed by atoms with Crippen molar-refractivity contribution in [1.29, 1.82) is 0 Å². The Morgan fingerprint density at radius 2 is 2.06 bits per heavy atom. The van der Waals surface area contributed by atoms with Crippen molar-refractivity contribution in [3.8, 4) is 0 Å². The molecule has 1 aromatic rings. The number of amides is 1. The van der Waals surface area contributed by atoms with E-state index in [1.807, 2.05) is 0 Å². The van der Waals surface area contributed by atoms with E-state index >= 15 is 0 Å². The van der Waals surface area contributed by atoms with Crippen molar-refractivity contribution in [3.63, 3.8) is 0 Å². The molecule has 0 aliphatic heterocycles. The summed E-state index contributed by atoms with van der Waals surface area (Å²) in [5.41, 5.74) is -0.346. The fraction of sp³-hybridized carbons (Fsp3) is 0.364. The van der Waals surface area contributed by atoms with Crippen LogP contribution in [0.15, 0.2) is 22.7 Å². The third-order valence-electron chi connectivity index (χ3n) is 2.18. The van der Waals surface area contributed by atoms with E-state index in [0.717, 1.165) is 0 Å². The van der Waals surface area contributed by atoms with Crippen molar-refractivity contribution in [1.82, 2.24) is 5.32 Å². The van der Waals surface area contributed by atoms with Crippen molar-refractivity contribution >= 4 is 45.0 Å². The highest BCUT2D eigenvalue weighted by atomic mass is 79.9. The molecule has 0 unspecified atom stereocenters. The minimum atomic E-state index is -0.686. The monoisotopic (exact) mass is 341 g/mol. The molecule has 0 aliphatic carbocycles. The van der Waals surface area contributed by atoms with Gasteiger partial charge in [0.15, 0.2) is 0 Å². The molecule has 1 aromatic carbocycles. The predicted octanol–water partition coefficient (Wildman–Crippen LogP) is 3.55. The molecular weight excluding hydrogens is 332 g/mol. The zero-order valence-electron chi connectivity index (χ0n) is 9.07. The van der Waals surface area contributed by atoms with E-state index in [0.29, 0.717) is 10.0 Å². The number of alkyl halides is 2. The summed E-state index contributed by atoms with van der Waals surface area (Å²) in [5, 5.41) is 2.71. The second-order valence-electron chi connectivity index (χ2n) is 3.91. The summed E-state index contributed by atoms with van der Waals surface area (Å²) in [6.07, 6.45) is 0. The summed E-state index contributed by atoms with van der Waals surface area (Å²) in [7, 11) is 0. The molecule has 0 bridgehead atoms. The first-order valence-electron chi connectivity index (χ1n) is 4.81. The smallest absolute Gasteiger partial charge is 0.252 e. The van der Waals surface area contributed by atoms with Gasteiger partial charge >= 0.3 is 0 Å². The highest BCUT2D eigenvalue weighted by Crippen LogP contribution is 2.19. The molecule has 1 amide bonds. The largest absolute Gasteiger partial charge is 0.344 e. The van der Waals surface area contributed by atoms with Gasteiger partial charge in [0.25, 0.3) is 5.91 Å². The molecule has 17 heavy (non-hydrogen) atoms. The lowest BCUT2D eigenvalue weighted by Gasteiger charge is -2.26. The van der Waals surface area contributed by atoms with Crippen molar-refractivity contribution in [2.75, 3.05) is 11.8 Å². The minimum absolute atomic E-state index is 0.195. The van der Waals surface area contributed by atoms with E-state index in [1.165, 1.54) is 18.2 Å². The second kappa shape index (κ2) is 6.03. The van der Waals surface area contributed by atoms with Crippen LogP contribution in [0, 0.1) is 5.82 Å². The molecule has 0 spiro atoms. The molecule has 0 atom stereocenters.